The Morgan fingerprint density at radius 3 is 2.50 bits per heavy atom. The van der Waals surface area contributed by atoms with Crippen molar-refractivity contribution in [2.24, 2.45) is 0 Å². The third kappa shape index (κ3) is 5.12. The molecule has 0 aliphatic carbocycles. The molecule has 0 fully saturated rings. The molecule has 4 aromatic rings. The van der Waals surface area contributed by atoms with Crippen molar-refractivity contribution in [3.05, 3.63) is 89.7 Å². The molecule has 4 rings (SSSR count). The van der Waals surface area contributed by atoms with E-state index in [9.17, 15) is 9.59 Å². The van der Waals surface area contributed by atoms with Crippen molar-refractivity contribution in [3.63, 3.8) is 0 Å². The molecule has 0 aliphatic rings. The molecule has 0 bridgehead atoms. The Balaban J connectivity index is 1.46. The van der Waals surface area contributed by atoms with Crippen LogP contribution in [0.3, 0.4) is 0 Å². The van der Waals surface area contributed by atoms with Crippen LogP contribution < -0.4 is 10.6 Å². The third-order valence-corrected chi connectivity index (χ3v) is 5.73. The number of aryl methyl sites for hydroxylation is 2. The van der Waals surface area contributed by atoms with Crippen molar-refractivity contribution < 1.29 is 9.59 Å². The molecule has 2 amide bonds. The van der Waals surface area contributed by atoms with Crippen molar-refractivity contribution in [3.8, 4) is 0 Å². The Morgan fingerprint density at radius 2 is 1.66 bits per heavy atom. The highest BCUT2D eigenvalue weighted by molar-refractivity contribution is 8.00. The largest absolute Gasteiger partial charge is 0.325 e. The summed E-state index contributed by atoms with van der Waals surface area (Å²) in [6, 6.07) is 22.3. The molecule has 0 aliphatic heterocycles. The lowest BCUT2D eigenvalue weighted by atomic mass is 10.1. The van der Waals surface area contributed by atoms with E-state index in [2.05, 4.69) is 20.6 Å². The minimum absolute atomic E-state index is 0.161. The van der Waals surface area contributed by atoms with Gasteiger partial charge in [-0.25, -0.2) is 9.97 Å². The normalized spacial score (nSPS) is 10.7. The molecular weight excluding hydrogens is 420 g/mol. The van der Waals surface area contributed by atoms with Crippen molar-refractivity contribution in [1.82, 2.24) is 9.97 Å². The van der Waals surface area contributed by atoms with Gasteiger partial charge in [0, 0.05) is 11.1 Å². The van der Waals surface area contributed by atoms with Crippen molar-refractivity contribution in [2.45, 2.75) is 18.9 Å². The number of nitrogens with zero attached hydrogens (tertiary/aromatic N) is 2. The molecule has 0 saturated heterocycles. The molecule has 6 nitrogen and oxygen atoms in total. The molecule has 1 aromatic heterocycles. The second kappa shape index (κ2) is 9.62. The number of rotatable bonds is 6. The number of hydrogen-bond donors (Lipinski definition) is 2. The lowest BCUT2D eigenvalue weighted by Gasteiger charge is -2.12. The average molecular weight is 443 g/mol. The predicted octanol–water partition coefficient (Wildman–Crippen LogP) is 5.23. The van der Waals surface area contributed by atoms with Crippen LogP contribution in [0.2, 0.25) is 0 Å². The average Bonchev–Trinajstić information content (AvgIpc) is 2.77. The highest BCUT2D eigenvalue weighted by Crippen LogP contribution is 2.26. The molecular formula is C25H22N4O2S. The number of aromatic nitrogens is 2. The van der Waals surface area contributed by atoms with Gasteiger partial charge in [0.2, 0.25) is 5.91 Å². The summed E-state index contributed by atoms with van der Waals surface area (Å²) in [5.74, 6) is 0.321. The minimum Gasteiger partial charge on any atom is -0.325 e. The third-order valence-electron chi connectivity index (χ3n) is 4.74. The zero-order valence-electron chi connectivity index (χ0n) is 17.8. The maximum absolute atomic E-state index is 12.8. The van der Waals surface area contributed by atoms with Gasteiger partial charge in [-0.2, -0.15) is 0 Å². The second-order valence-corrected chi connectivity index (χ2v) is 8.26. The van der Waals surface area contributed by atoms with E-state index in [1.807, 2.05) is 62.4 Å². The highest BCUT2D eigenvalue weighted by atomic mass is 32.2. The van der Waals surface area contributed by atoms with Crippen molar-refractivity contribution in [1.29, 1.82) is 0 Å². The van der Waals surface area contributed by atoms with E-state index in [1.54, 1.807) is 24.3 Å². The van der Waals surface area contributed by atoms with Crippen molar-refractivity contribution in [2.75, 3.05) is 16.4 Å². The fourth-order valence-electron chi connectivity index (χ4n) is 3.30. The topological polar surface area (TPSA) is 84.0 Å². The first-order valence-electron chi connectivity index (χ1n) is 10.1. The van der Waals surface area contributed by atoms with Crippen molar-refractivity contribution >= 4 is 45.9 Å². The van der Waals surface area contributed by atoms with Gasteiger partial charge in [-0.05, 0) is 49.7 Å². The highest BCUT2D eigenvalue weighted by Gasteiger charge is 2.15. The van der Waals surface area contributed by atoms with Gasteiger partial charge in [-0.1, -0.05) is 54.2 Å². The number of fused-ring (bicyclic) bond motifs is 1. The number of hydrogen-bond acceptors (Lipinski definition) is 5. The number of para-hydroxylation sites is 2. The molecule has 0 unspecified atom stereocenters. The number of thioether (sulfide) groups is 1. The summed E-state index contributed by atoms with van der Waals surface area (Å²) in [7, 11) is 0. The first-order valence-corrected chi connectivity index (χ1v) is 11.1. The Labute approximate surface area is 190 Å². The van der Waals surface area contributed by atoms with Gasteiger partial charge < -0.3 is 10.6 Å². The summed E-state index contributed by atoms with van der Waals surface area (Å²) >= 11 is 1.35. The van der Waals surface area contributed by atoms with E-state index in [1.165, 1.54) is 11.8 Å². The number of benzene rings is 3. The van der Waals surface area contributed by atoms with Crippen LogP contribution >= 0.6 is 11.8 Å². The Kier molecular flexibility index (Phi) is 6.47. The Hall–Kier alpha value is -3.71. The molecule has 3 aromatic carbocycles. The molecule has 2 N–H and O–H groups in total. The maximum atomic E-state index is 12.8. The zero-order valence-corrected chi connectivity index (χ0v) is 18.6. The van der Waals surface area contributed by atoms with Gasteiger partial charge >= 0.3 is 0 Å². The maximum Gasteiger partial charge on any atom is 0.257 e. The SMILES string of the molecule is Cc1cccc(NC(=O)c2ccccc2NC(=O)CSc2nc(C)nc3ccccc23)c1. The van der Waals surface area contributed by atoms with Crippen LogP contribution in [0.15, 0.2) is 77.8 Å². The van der Waals surface area contributed by atoms with Crippen LogP contribution in [0, 0.1) is 13.8 Å². The Morgan fingerprint density at radius 1 is 0.875 bits per heavy atom. The van der Waals surface area contributed by atoms with Gasteiger partial charge in [-0.3, -0.25) is 9.59 Å². The smallest absolute Gasteiger partial charge is 0.257 e. The van der Waals surface area contributed by atoms with Crippen LogP contribution in [0.1, 0.15) is 21.7 Å². The number of carbonyl (C=O) groups excluding carboxylic acids is 2. The number of amides is 2. The number of carbonyl (C=O) groups is 2. The van der Waals surface area contributed by atoms with Crippen LogP contribution in [0.4, 0.5) is 11.4 Å². The summed E-state index contributed by atoms with van der Waals surface area (Å²) in [4.78, 5) is 34.4. The molecule has 1 heterocycles. The second-order valence-electron chi connectivity index (χ2n) is 7.30. The fourth-order valence-corrected chi connectivity index (χ4v) is 4.16. The van der Waals surface area contributed by atoms with E-state index in [0.29, 0.717) is 22.8 Å². The first-order chi connectivity index (χ1) is 15.5. The zero-order chi connectivity index (χ0) is 22.5. The summed E-state index contributed by atoms with van der Waals surface area (Å²) in [5, 5.41) is 7.41. The summed E-state index contributed by atoms with van der Waals surface area (Å²) < 4.78 is 0. The molecule has 0 saturated carbocycles. The van der Waals surface area contributed by atoms with Gasteiger partial charge in [0.1, 0.15) is 10.9 Å². The quantitative estimate of drug-likeness (QED) is 0.316. The molecule has 0 atom stereocenters. The fraction of sp³-hybridized carbons (Fsp3) is 0.120. The molecule has 7 heteroatoms. The number of nitrogens with one attached hydrogen (secondary N) is 2. The monoisotopic (exact) mass is 442 g/mol. The lowest BCUT2D eigenvalue weighted by Crippen LogP contribution is -2.19. The first kappa shape index (κ1) is 21.5. The van der Waals surface area contributed by atoms with Gasteiger partial charge in [0.25, 0.3) is 5.91 Å². The lowest BCUT2D eigenvalue weighted by molar-refractivity contribution is -0.113. The minimum atomic E-state index is -0.281. The molecule has 0 radical (unpaired) electrons. The van der Waals surface area contributed by atoms with Crippen LogP contribution in [0.25, 0.3) is 10.9 Å². The van der Waals surface area contributed by atoms with E-state index in [4.69, 9.17) is 0 Å². The Bertz CT molecular complexity index is 1310. The van der Waals surface area contributed by atoms with Gasteiger partial charge in [0.05, 0.1) is 22.5 Å². The van der Waals surface area contributed by atoms with E-state index in [-0.39, 0.29) is 17.6 Å². The molecule has 32 heavy (non-hydrogen) atoms. The number of anilines is 2. The van der Waals surface area contributed by atoms with Gasteiger partial charge in [0.15, 0.2) is 0 Å². The van der Waals surface area contributed by atoms with Crippen LogP contribution in [-0.2, 0) is 4.79 Å². The van der Waals surface area contributed by atoms with Gasteiger partial charge in [-0.15, -0.1) is 0 Å². The van der Waals surface area contributed by atoms with Crippen LogP contribution in [0.5, 0.6) is 0 Å². The molecule has 0 spiro atoms. The van der Waals surface area contributed by atoms with E-state index >= 15 is 0 Å². The summed E-state index contributed by atoms with van der Waals surface area (Å²) in [5.41, 5.74) is 3.47. The standard InChI is InChI=1S/C25H22N4O2S/c1-16-8-7-9-18(14-16)28-24(31)19-10-3-5-12-21(19)29-23(30)15-32-25-20-11-4-6-13-22(20)26-17(2)27-25/h3-14H,15H2,1-2H3,(H,28,31)(H,29,30). The summed E-state index contributed by atoms with van der Waals surface area (Å²) in [6.07, 6.45) is 0. The molecule has 160 valence electrons. The summed E-state index contributed by atoms with van der Waals surface area (Å²) in [6.45, 7) is 3.80. The van der Waals surface area contributed by atoms with E-state index < -0.39 is 0 Å². The predicted molar refractivity (Wildman–Crippen MR) is 129 cm³/mol. The van der Waals surface area contributed by atoms with E-state index in [0.717, 1.165) is 21.5 Å². The van der Waals surface area contributed by atoms with Crippen LogP contribution in [-0.4, -0.2) is 27.5 Å².